The number of likely N-dealkylation sites (N-methyl/N-ethyl adjacent to an activating group) is 1. The Hall–Kier alpha value is -2.11. The Labute approximate surface area is 117 Å². The van der Waals surface area contributed by atoms with Gasteiger partial charge in [-0.15, -0.1) is 0 Å². The van der Waals surface area contributed by atoms with E-state index >= 15 is 0 Å². The highest BCUT2D eigenvalue weighted by atomic mass is 16.2. The predicted octanol–water partition coefficient (Wildman–Crippen LogP) is 1.31. The second-order valence-electron chi connectivity index (χ2n) is 5.34. The van der Waals surface area contributed by atoms with Crippen LogP contribution in [0.25, 0.3) is 0 Å². The van der Waals surface area contributed by atoms with Crippen molar-refractivity contribution in [1.29, 1.82) is 0 Å². The summed E-state index contributed by atoms with van der Waals surface area (Å²) >= 11 is 0. The van der Waals surface area contributed by atoms with E-state index in [0.29, 0.717) is 6.54 Å². The third-order valence-electron chi connectivity index (χ3n) is 3.93. The van der Waals surface area contributed by atoms with Gasteiger partial charge in [-0.25, -0.2) is 0 Å². The van der Waals surface area contributed by atoms with Crippen molar-refractivity contribution in [2.24, 2.45) is 0 Å². The molecule has 0 fully saturated rings. The molecule has 0 spiro atoms. The first-order valence-corrected chi connectivity index (χ1v) is 6.96. The lowest BCUT2D eigenvalue weighted by Crippen LogP contribution is -2.33. The third kappa shape index (κ3) is 2.21. The van der Waals surface area contributed by atoms with Crippen molar-refractivity contribution >= 4 is 5.91 Å². The van der Waals surface area contributed by atoms with Crippen molar-refractivity contribution in [1.82, 2.24) is 24.9 Å². The summed E-state index contributed by atoms with van der Waals surface area (Å²) in [6.07, 6.45) is 6.81. The van der Waals surface area contributed by atoms with Crippen molar-refractivity contribution in [2.75, 3.05) is 7.05 Å². The Morgan fingerprint density at radius 3 is 3.15 bits per heavy atom. The van der Waals surface area contributed by atoms with E-state index in [9.17, 15) is 4.79 Å². The fourth-order valence-electron chi connectivity index (χ4n) is 2.76. The topological polar surface area (TPSA) is 66.8 Å². The van der Waals surface area contributed by atoms with E-state index in [2.05, 4.69) is 15.3 Å². The van der Waals surface area contributed by atoms with Gasteiger partial charge >= 0.3 is 0 Å². The van der Waals surface area contributed by atoms with E-state index in [1.165, 1.54) is 17.7 Å². The molecule has 6 nitrogen and oxygen atoms in total. The van der Waals surface area contributed by atoms with E-state index < -0.39 is 0 Å². The molecular weight excluding hydrogens is 254 g/mol. The molecule has 0 radical (unpaired) electrons. The number of aryl methyl sites for hydroxylation is 1. The lowest BCUT2D eigenvalue weighted by molar-refractivity contribution is -0.133. The maximum atomic E-state index is 12.4. The van der Waals surface area contributed by atoms with Gasteiger partial charge in [0, 0.05) is 25.1 Å². The minimum atomic E-state index is -0.290. The number of aromatic nitrogens is 4. The number of hydrogen-bond donors (Lipinski definition) is 1. The van der Waals surface area contributed by atoms with Gasteiger partial charge in [0.1, 0.15) is 6.04 Å². The zero-order chi connectivity index (χ0) is 14.1. The molecule has 6 heteroatoms. The van der Waals surface area contributed by atoms with E-state index in [1.807, 2.05) is 26.2 Å². The van der Waals surface area contributed by atoms with Gasteiger partial charge in [-0.05, 0) is 37.8 Å². The number of hydrogen-bond acceptors (Lipinski definition) is 3. The maximum absolute atomic E-state index is 12.4. The summed E-state index contributed by atoms with van der Waals surface area (Å²) in [5.74, 6) is 0.0449. The number of fused-ring (bicyclic) bond motifs is 1. The fourth-order valence-corrected chi connectivity index (χ4v) is 2.76. The molecule has 1 atom stereocenters. The molecular formula is C14H19N5O. The number of amides is 1. The average Bonchev–Trinajstić information content (AvgIpc) is 3.15. The molecule has 1 amide bonds. The van der Waals surface area contributed by atoms with Crippen LogP contribution in [0.5, 0.6) is 0 Å². The van der Waals surface area contributed by atoms with Crippen LogP contribution in [-0.4, -0.2) is 37.8 Å². The summed E-state index contributed by atoms with van der Waals surface area (Å²) in [6, 6.07) is 1.53. The van der Waals surface area contributed by atoms with E-state index in [1.54, 1.807) is 15.8 Å². The van der Waals surface area contributed by atoms with Gasteiger partial charge in [0.2, 0.25) is 5.91 Å². The van der Waals surface area contributed by atoms with Crippen LogP contribution in [-0.2, 0) is 24.2 Å². The fraction of sp³-hybridized carbons (Fsp3) is 0.500. The van der Waals surface area contributed by atoms with Gasteiger partial charge in [0.15, 0.2) is 0 Å². The highest BCUT2D eigenvalue weighted by Gasteiger charge is 2.23. The number of aromatic amines is 1. The van der Waals surface area contributed by atoms with Gasteiger partial charge in [0.05, 0.1) is 12.2 Å². The molecule has 2 heterocycles. The second kappa shape index (κ2) is 5.11. The molecule has 0 aromatic carbocycles. The van der Waals surface area contributed by atoms with Crippen molar-refractivity contribution in [3.05, 3.63) is 35.4 Å². The molecule has 20 heavy (non-hydrogen) atoms. The Balaban J connectivity index is 1.69. The van der Waals surface area contributed by atoms with Gasteiger partial charge in [0.25, 0.3) is 0 Å². The van der Waals surface area contributed by atoms with Crippen LogP contribution in [0.15, 0.2) is 18.5 Å². The Bertz CT molecular complexity index is 601. The van der Waals surface area contributed by atoms with Crippen LogP contribution < -0.4 is 0 Å². The minimum Gasteiger partial charge on any atom is -0.338 e. The minimum absolute atomic E-state index is 0.0449. The predicted molar refractivity (Wildman–Crippen MR) is 74.0 cm³/mol. The molecule has 0 aliphatic heterocycles. The monoisotopic (exact) mass is 273 g/mol. The highest BCUT2D eigenvalue weighted by molar-refractivity contribution is 5.79. The first-order chi connectivity index (χ1) is 9.66. The summed E-state index contributed by atoms with van der Waals surface area (Å²) in [5.41, 5.74) is 3.54. The second-order valence-corrected chi connectivity index (χ2v) is 5.34. The van der Waals surface area contributed by atoms with Crippen molar-refractivity contribution in [3.63, 3.8) is 0 Å². The summed E-state index contributed by atoms with van der Waals surface area (Å²) in [5, 5.41) is 11.5. The Kier molecular flexibility index (Phi) is 3.30. The van der Waals surface area contributed by atoms with Crippen molar-refractivity contribution in [2.45, 2.75) is 38.8 Å². The third-order valence-corrected chi connectivity index (χ3v) is 3.93. The first-order valence-electron chi connectivity index (χ1n) is 6.96. The molecule has 1 aliphatic carbocycles. The van der Waals surface area contributed by atoms with E-state index in [-0.39, 0.29) is 11.9 Å². The number of carbonyl (C=O) groups is 1. The summed E-state index contributed by atoms with van der Waals surface area (Å²) in [4.78, 5) is 14.1. The van der Waals surface area contributed by atoms with E-state index in [0.717, 1.165) is 18.5 Å². The molecule has 3 rings (SSSR count). The average molecular weight is 273 g/mol. The summed E-state index contributed by atoms with van der Waals surface area (Å²) in [6.45, 7) is 2.41. The molecule has 0 unspecified atom stereocenters. The number of carbonyl (C=O) groups excluding carboxylic acids is 1. The van der Waals surface area contributed by atoms with Crippen LogP contribution in [0, 0.1) is 0 Å². The number of rotatable bonds is 4. The van der Waals surface area contributed by atoms with Crippen LogP contribution in [0.4, 0.5) is 0 Å². The molecule has 0 saturated carbocycles. The molecule has 1 aliphatic rings. The molecule has 106 valence electrons. The summed E-state index contributed by atoms with van der Waals surface area (Å²) < 4.78 is 1.67. The SMILES string of the molecule is C[C@@H](C(=O)N(C)Cc1n[nH]c2c1CCC2)n1cccn1. The Morgan fingerprint density at radius 1 is 1.55 bits per heavy atom. The zero-order valence-corrected chi connectivity index (χ0v) is 11.8. The van der Waals surface area contributed by atoms with Crippen LogP contribution in [0.2, 0.25) is 0 Å². The maximum Gasteiger partial charge on any atom is 0.247 e. The molecule has 2 aromatic heterocycles. The lowest BCUT2D eigenvalue weighted by atomic mass is 10.2. The quantitative estimate of drug-likeness (QED) is 0.913. The van der Waals surface area contributed by atoms with Crippen molar-refractivity contribution in [3.8, 4) is 0 Å². The Morgan fingerprint density at radius 2 is 2.40 bits per heavy atom. The van der Waals surface area contributed by atoms with Gasteiger partial charge < -0.3 is 4.90 Å². The van der Waals surface area contributed by atoms with Crippen molar-refractivity contribution < 1.29 is 4.79 Å². The van der Waals surface area contributed by atoms with Gasteiger partial charge in [-0.3, -0.25) is 14.6 Å². The van der Waals surface area contributed by atoms with Crippen LogP contribution in [0.3, 0.4) is 0 Å². The largest absolute Gasteiger partial charge is 0.338 e. The number of nitrogens with zero attached hydrogens (tertiary/aromatic N) is 4. The lowest BCUT2D eigenvalue weighted by Gasteiger charge is -2.21. The van der Waals surface area contributed by atoms with E-state index in [4.69, 9.17) is 0 Å². The molecule has 0 saturated heterocycles. The molecule has 0 bridgehead atoms. The smallest absolute Gasteiger partial charge is 0.247 e. The normalized spacial score (nSPS) is 15.1. The number of nitrogens with one attached hydrogen (secondary N) is 1. The molecule has 2 aromatic rings. The first kappa shape index (κ1) is 12.9. The van der Waals surface area contributed by atoms with Crippen LogP contribution >= 0.6 is 0 Å². The number of H-pyrrole nitrogens is 1. The summed E-state index contributed by atoms with van der Waals surface area (Å²) in [7, 11) is 1.82. The standard InChI is InChI=1S/C14H19N5O/c1-10(19-8-4-7-15-19)14(20)18(2)9-13-11-5-3-6-12(11)16-17-13/h4,7-8,10H,3,5-6,9H2,1-2H3,(H,16,17)/t10-/m0/s1. The molecule has 1 N–H and O–H groups in total. The van der Waals surface area contributed by atoms with Crippen LogP contribution in [0.1, 0.15) is 36.3 Å². The zero-order valence-electron chi connectivity index (χ0n) is 11.8. The van der Waals surface area contributed by atoms with Gasteiger partial charge in [-0.1, -0.05) is 0 Å². The highest BCUT2D eigenvalue weighted by Crippen LogP contribution is 2.23. The van der Waals surface area contributed by atoms with Gasteiger partial charge in [-0.2, -0.15) is 10.2 Å².